The maximum absolute atomic E-state index is 5.77. The summed E-state index contributed by atoms with van der Waals surface area (Å²) in [6.07, 6.45) is 3.56. The lowest BCUT2D eigenvalue weighted by atomic mass is 10.1. The van der Waals surface area contributed by atoms with Crippen LogP contribution in [0.15, 0.2) is 40.1 Å². The Kier molecular flexibility index (Phi) is 3.15. The predicted molar refractivity (Wildman–Crippen MR) is 75.9 cm³/mol. The van der Waals surface area contributed by atoms with Gasteiger partial charge in [0, 0.05) is 0 Å². The number of oxazole rings is 1. The Morgan fingerprint density at radius 2 is 2.22 bits per heavy atom. The molecule has 0 saturated heterocycles. The molecule has 2 aromatic heterocycles. The molecule has 0 radical (unpaired) electrons. The van der Waals surface area contributed by atoms with Gasteiger partial charge in [0.1, 0.15) is 5.52 Å². The van der Waals surface area contributed by atoms with Crippen molar-refractivity contribution in [3.63, 3.8) is 0 Å². The number of hydrogen-bond acceptors (Lipinski definition) is 3. The van der Waals surface area contributed by atoms with Crippen LogP contribution in [-0.2, 0) is 6.42 Å². The molecule has 0 spiro atoms. The first-order valence-electron chi connectivity index (χ1n) is 6.30. The highest BCUT2D eigenvalue weighted by molar-refractivity contribution is 7.13. The zero-order valence-electron chi connectivity index (χ0n) is 10.3. The first-order chi connectivity index (χ1) is 8.86. The van der Waals surface area contributed by atoms with Crippen molar-refractivity contribution < 1.29 is 4.42 Å². The number of aromatic nitrogens is 1. The van der Waals surface area contributed by atoms with Gasteiger partial charge in [-0.05, 0) is 42.0 Å². The molecule has 0 N–H and O–H groups in total. The predicted octanol–water partition coefficient (Wildman–Crippen LogP) is 4.90. The lowest BCUT2D eigenvalue weighted by Gasteiger charge is -1.97. The highest BCUT2D eigenvalue weighted by Crippen LogP contribution is 2.28. The van der Waals surface area contributed by atoms with Gasteiger partial charge in [0.25, 0.3) is 0 Å². The summed E-state index contributed by atoms with van der Waals surface area (Å²) in [5.41, 5.74) is 3.18. The summed E-state index contributed by atoms with van der Waals surface area (Å²) >= 11 is 1.65. The topological polar surface area (TPSA) is 26.0 Å². The summed E-state index contributed by atoms with van der Waals surface area (Å²) in [6.45, 7) is 2.21. The second-order valence-electron chi connectivity index (χ2n) is 4.40. The number of rotatable bonds is 4. The van der Waals surface area contributed by atoms with Crippen molar-refractivity contribution in [2.45, 2.75) is 26.2 Å². The maximum Gasteiger partial charge on any atom is 0.237 e. The van der Waals surface area contributed by atoms with Crippen LogP contribution >= 0.6 is 11.3 Å². The zero-order chi connectivity index (χ0) is 12.4. The van der Waals surface area contributed by atoms with Gasteiger partial charge in [-0.2, -0.15) is 0 Å². The summed E-state index contributed by atoms with van der Waals surface area (Å²) < 4.78 is 5.77. The van der Waals surface area contributed by atoms with Crippen LogP contribution in [0.1, 0.15) is 25.3 Å². The van der Waals surface area contributed by atoms with E-state index in [0.29, 0.717) is 0 Å². The van der Waals surface area contributed by atoms with E-state index in [0.717, 1.165) is 28.3 Å². The van der Waals surface area contributed by atoms with Gasteiger partial charge in [0.05, 0.1) is 4.88 Å². The van der Waals surface area contributed by atoms with E-state index in [9.17, 15) is 0 Å². The van der Waals surface area contributed by atoms with Gasteiger partial charge < -0.3 is 4.42 Å². The second-order valence-corrected chi connectivity index (χ2v) is 5.35. The standard InChI is InChI=1S/C15H15NOS/c1-2-3-5-11-7-8-13-12(10-11)16-15(17-13)14-6-4-9-18-14/h4,6-10H,2-3,5H2,1H3. The molecule has 0 aliphatic rings. The van der Waals surface area contributed by atoms with E-state index in [-0.39, 0.29) is 0 Å². The number of aryl methyl sites for hydroxylation is 1. The maximum atomic E-state index is 5.77. The van der Waals surface area contributed by atoms with Gasteiger partial charge in [-0.3, -0.25) is 0 Å². The minimum atomic E-state index is 0.729. The first kappa shape index (κ1) is 11.5. The Bertz CT molecular complexity index is 640. The van der Waals surface area contributed by atoms with Crippen molar-refractivity contribution in [2.75, 3.05) is 0 Å². The molecule has 0 bridgehead atoms. The molecule has 3 heteroatoms. The van der Waals surface area contributed by atoms with Crippen molar-refractivity contribution >= 4 is 22.4 Å². The van der Waals surface area contributed by atoms with Crippen LogP contribution in [0.5, 0.6) is 0 Å². The lowest BCUT2D eigenvalue weighted by Crippen LogP contribution is -1.83. The lowest BCUT2D eigenvalue weighted by molar-refractivity contribution is 0.621. The van der Waals surface area contributed by atoms with Crippen molar-refractivity contribution in [2.24, 2.45) is 0 Å². The Balaban J connectivity index is 1.97. The molecule has 1 aromatic carbocycles. The van der Waals surface area contributed by atoms with E-state index in [4.69, 9.17) is 4.42 Å². The molecule has 2 heterocycles. The number of hydrogen-bond donors (Lipinski definition) is 0. The third-order valence-electron chi connectivity index (χ3n) is 3.00. The Labute approximate surface area is 110 Å². The number of unbranched alkanes of at least 4 members (excludes halogenated alkanes) is 1. The molecule has 3 rings (SSSR count). The van der Waals surface area contributed by atoms with Gasteiger partial charge in [0.2, 0.25) is 5.89 Å². The monoisotopic (exact) mass is 257 g/mol. The zero-order valence-corrected chi connectivity index (χ0v) is 11.2. The van der Waals surface area contributed by atoms with Crippen LogP contribution in [0.3, 0.4) is 0 Å². The van der Waals surface area contributed by atoms with Gasteiger partial charge >= 0.3 is 0 Å². The molecule has 0 aliphatic heterocycles. The molecular weight excluding hydrogens is 242 g/mol. The highest BCUT2D eigenvalue weighted by Gasteiger charge is 2.09. The van der Waals surface area contributed by atoms with E-state index < -0.39 is 0 Å². The molecule has 0 atom stereocenters. The van der Waals surface area contributed by atoms with Crippen LogP contribution in [0.4, 0.5) is 0 Å². The Morgan fingerprint density at radius 3 is 3.00 bits per heavy atom. The molecule has 3 aromatic rings. The van der Waals surface area contributed by atoms with Crippen LogP contribution in [0.2, 0.25) is 0 Å². The molecule has 2 nitrogen and oxygen atoms in total. The second kappa shape index (κ2) is 4.94. The number of nitrogens with zero attached hydrogens (tertiary/aromatic N) is 1. The quantitative estimate of drug-likeness (QED) is 0.664. The molecule has 18 heavy (non-hydrogen) atoms. The van der Waals surface area contributed by atoms with Crippen molar-refractivity contribution in [3.8, 4) is 10.8 Å². The van der Waals surface area contributed by atoms with E-state index in [1.807, 2.05) is 23.6 Å². The number of thiophene rings is 1. The van der Waals surface area contributed by atoms with Crippen LogP contribution in [-0.4, -0.2) is 4.98 Å². The van der Waals surface area contributed by atoms with E-state index in [2.05, 4.69) is 24.0 Å². The Morgan fingerprint density at radius 1 is 1.28 bits per heavy atom. The van der Waals surface area contributed by atoms with E-state index in [1.54, 1.807) is 11.3 Å². The fraction of sp³-hybridized carbons (Fsp3) is 0.267. The molecule has 0 aliphatic carbocycles. The van der Waals surface area contributed by atoms with Gasteiger partial charge in [-0.1, -0.05) is 25.5 Å². The summed E-state index contributed by atoms with van der Waals surface area (Å²) in [5, 5.41) is 2.04. The minimum absolute atomic E-state index is 0.729. The largest absolute Gasteiger partial charge is 0.435 e. The third kappa shape index (κ3) is 2.18. The minimum Gasteiger partial charge on any atom is -0.435 e. The normalized spacial score (nSPS) is 11.2. The van der Waals surface area contributed by atoms with Crippen LogP contribution in [0.25, 0.3) is 21.9 Å². The van der Waals surface area contributed by atoms with Crippen LogP contribution < -0.4 is 0 Å². The molecule has 0 fully saturated rings. The summed E-state index contributed by atoms with van der Waals surface area (Å²) in [5.74, 6) is 0.729. The average molecular weight is 257 g/mol. The SMILES string of the molecule is CCCCc1ccc2oc(-c3cccs3)nc2c1. The van der Waals surface area contributed by atoms with Gasteiger partial charge in [-0.25, -0.2) is 4.98 Å². The Hall–Kier alpha value is -1.61. The fourth-order valence-electron chi connectivity index (χ4n) is 2.02. The summed E-state index contributed by atoms with van der Waals surface area (Å²) in [7, 11) is 0. The molecule has 0 saturated carbocycles. The average Bonchev–Trinajstić information content (AvgIpc) is 3.03. The molecule has 92 valence electrons. The van der Waals surface area contributed by atoms with E-state index in [1.165, 1.54) is 18.4 Å². The highest BCUT2D eigenvalue weighted by atomic mass is 32.1. The smallest absolute Gasteiger partial charge is 0.237 e. The van der Waals surface area contributed by atoms with Crippen molar-refractivity contribution in [3.05, 3.63) is 41.3 Å². The van der Waals surface area contributed by atoms with Gasteiger partial charge in [-0.15, -0.1) is 11.3 Å². The summed E-state index contributed by atoms with van der Waals surface area (Å²) in [4.78, 5) is 5.65. The third-order valence-corrected chi connectivity index (χ3v) is 3.86. The summed E-state index contributed by atoms with van der Waals surface area (Å²) in [6, 6.07) is 10.4. The number of fused-ring (bicyclic) bond motifs is 1. The van der Waals surface area contributed by atoms with Crippen molar-refractivity contribution in [1.82, 2.24) is 4.98 Å². The first-order valence-corrected chi connectivity index (χ1v) is 7.18. The fourth-order valence-corrected chi connectivity index (χ4v) is 2.66. The number of benzene rings is 1. The molecule has 0 unspecified atom stereocenters. The van der Waals surface area contributed by atoms with E-state index >= 15 is 0 Å². The molecule has 0 amide bonds. The van der Waals surface area contributed by atoms with Gasteiger partial charge in [0.15, 0.2) is 5.58 Å². The molecular formula is C15H15NOS. The van der Waals surface area contributed by atoms with Crippen molar-refractivity contribution in [1.29, 1.82) is 0 Å². The van der Waals surface area contributed by atoms with Crippen LogP contribution in [0, 0.1) is 0 Å².